The minimum Gasteiger partial charge on any atom is -0.376 e. The van der Waals surface area contributed by atoms with Crippen molar-refractivity contribution in [1.29, 1.82) is 0 Å². The molecule has 8 aromatic rings. The molecule has 2 heterocycles. The van der Waals surface area contributed by atoms with E-state index >= 15 is 0 Å². The molecule has 2 heteroatoms. The monoisotopic (exact) mass is 785 g/mol. The Hall–Kier alpha value is -6.12. The smallest absolute Gasteiger partial charge is 0.329 e. The molecule has 1 unspecified atom stereocenters. The predicted molar refractivity (Wildman–Crippen MR) is 261 cm³/mol. The van der Waals surface area contributed by atoms with Gasteiger partial charge < -0.3 is 4.81 Å². The molecule has 0 saturated carbocycles. The molecule has 8 aromatic carbocycles. The third-order valence-electron chi connectivity index (χ3n) is 14.9. The molecule has 0 amide bonds. The van der Waals surface area contributed by atoms with Crippen LogP contribution >= 0.6 is 0 Å². The summed E-state index contributed by atoms with van der Waals surface area (Å²) in [4.78, 5) is 2.74. The molecular formula is C59H52BN. The number of rotatable bonds is 2. The summed E-state index contributed by atoms with van der Waals surface area (Å²) in [5.41, 5.74) is 26.5. The molecule has 1 nitrogen and oxygen atoms in total. The van der Waals surface area contributed by atoms with Gasteiger partial charge in [-0.05, 0) is 147 Å². The van der Waals surface area contributed by atoms with Crippen LogP contribution in [0.15, 0.2) is 152 Å². The second kappa shape index (κ2) is 12.5. The third kappa shape index (κ3) is 5.21. The summed E-state index contributed by atoms with van der Waals surface area (Å²) in [6, 6.07) is 58.7. The highest BCUT2D eigenvalue weighted by Gasteiger charge is 2.52. The van der Waals surface area contributed by atoms with E-state index in [1.54, 1.807) is 5.56 Å². The fourth-order valence-corrected chi connectivity index (χ4v) is 11.8. The Balaban J connectivity index is 1.24. The molecule has 0 radical (unpaired) electrons. The summed E-state index contributed by atoms with van der Waals surface area (Å²) in [7, 11) is 0. The van der Waals surface area contributed by atoms with Gasteiger partial charge in [0.1, 0.15) is 0 Å². The first kappa shape index (κ1) is 36.7. The maximum absolute atomic E-state index is 2.74. The van der Waals surface area contributed by atoms with Gasteiger partial charge >= 0.3 is 6.85 Å². The number of hydrogen-bond acceptors (Lipinski definition) is 1. The molecule has 12 rings (SSSR count). The van der Waals surface area contributed by atoms with Crippen LogP contribution in [0.3, 0.4) is 0 Å². The Morgan fingerprint density at radius 2 is 1.18 bits per heavy atom. The zero-order valence-corrected chi connectivity index (χ0v) is 36.7. The zero-order chi connectivity index (χ0) is 41.7. The van der Waals surface area contributed by atoms with Gasteiger partial charge in [0.05, 0.1) is 0 Å². The van der Waals surface area contributed by atoms with Crippen molar-refractivity contribution in [3.63, 3.8) is 0 Å². The Morgan fingerprint density at radius 3 is 1.92 bits per heavy atom. The van der Waals surface area contributed by atoms with Crippen LogP contribution in [0.1, 0.15) is 100 Å². The lowest BCUT2D eigenvalue weighted by Crippen LogP contribution is -2.63. The number of nitrogens with zero attached hydrogens (tertiary/aromatic N) is 1. The minimum absolute atomic E-state index is 0.0225. The van der Waals surface area contributed by atoms with Crippen LogP contribution in [-0.4, -0.2) is 6.85 Å². The third-order valence-corrected chi connectivity index (χ3v) is 14.9. The number of benzene rings is 8. The highest BCUT2D eigenvalue weighted by atomic mass is 15.1. The largest absolute Gasteiger partial charge is 0.376 e. The molecule has 2 aliphatic heterocycles. The van der Waals surface area contributed by atoms with E-state index in [0.717, 1.165) is 6.42 Å². The SMILES string of the molecule is CC(C)(C)c1ccc2c(c1)-c1cc(C(C)(C)C)cc3c1C(C2)c1c2c(cc4c1C(C)(C)c1ccccc1-4)-c1cc4ccccc4cc1N(c1ccc(-c4ccccc4)cc1)B32. The first-order chi connectivity index (χ1) is 29.3. The molecule has 2 aliphatic carbocycles. The van der Waals surface area contributed by atoms with Crippen molar-refractivity contribution < 1.29 is 0 Å². The molecule has 0 N–H and O–H groups in total. The summed E-state index contributed by atoms with van der Waals surface area (Å²) >= 11 is 0. The van der Waals surface area contributed by atoms with E-state index in [1.807, 2.05) is 0 Å². The van der Waals surface area contributed by atoms with E-state index in [2.05, 4.69) is 212 Å². The van der Waals surface area contributed by atoms with Crippen molar-refractivity contribution in [2.45, 2.75) is 84.0 Å². The lowest BCUT2D eigenvalue weighted by atomic mass is 9.38. The van der Waals surface area contributed by atoms with Crippen LogP contribution < -0.4 is 15.7 Å². The topological polar surface area (TPSA) is 3.24 Å². The lowest BCUT2D eigenvalue weighted by molar-refractivity contribution is 0.588. The van der Waals surface area contributed by atoms with Gasteiger partial charge in [0.2, 0.25) is 0 Å². The van der Waals surface area contributed by atoms with Crippen molar-refractivity contribution in [3.8, 4) is 44.5 Å². The van der Waals surface area contributed by atoms with Gasteiger partial charge in [-0.3, -0.25) is 0 Å². The minimum atomic E-state index is -0.161. The number of fused-ring (bicyclic) bond motifs is 11. The van der Waals surface area contributed by atoms with E-state index in [-0.39, 0.29) is 29.0 Å². The quantitative estimate of drug-likeness (QED) is 0.158. The fourth-order valence-electron chi connectivity index (χ4n) is 11.8. The average molecular weight is 786 g/mol. The standard InChI is InChI=1S/C59H52BN/c1-57(2,3)40-25-22-39-29-49-53-46(44(39)31-40)32-41(58(4,5)6)33-51(53)60-56-48(34-47-43-20-14-15-21-50(43)59(7,8)55(47)54(49)56)45-28-37-18-12-13-19-38(37)30-52(45)61(60)42-26-23-36(24-27-42)35-16-10-9-11-17-35/h9-28,30-34,49H,29H2,1-8H3. The first-order valence-corrected chi connectivity index (χ1v) is 22.4. The summed E-state index contributed by atoms with van der Waals surface area (Å²) in [5, 5.41) is 2.55. The van der Waals surface area contributed by atoms with E-state index in [4.69, 9.17) is 0 Å². The van der Waals surface area contributed by atoms with Gasteiger partial charge in [-0.25, -0.2) is 0 Å². The van der Waals surface area contributed by atoms with Crippen LogP contribution in [-0.2, 0) is 22.7 Å². The van der Waals surface area contributed by atoms with E-state index in [0.29, 0.717) is 0 Å². The van der Waals surface area contributed by atoms with Crippen molar-refractivity contribution in [3.05, 3.63) is 191 Å². The molecule has 0 spiro atoms. The van der Waals surface area contributed by atoms with Crippen LogP contribution in [0.2, 0.25) is 0 Å². The fraction of sp³-hybridized carbons (Fsp3) is 0.220. The van der Waals surface area contributed by atoms with Crippen molar-refractivity contribution in [1.82, 2.24) is 0 Å². The van der Waals surface area contributed by atoms with Gasteiger partial charge in [-0.1, -0.05) is 177 Å². The Kier molecular flexibility index (Phi) is 7.51. The van der Waals surface area contributed by atoms with Crippen LogP contribution in [0, 0.1) is 0 Å². The van der Waals surface area contributed by atoms with E-state index < -0.39 is 0 Å². The summed E-state index contributed by atoms with van der Waals surface area (Å²) in [6.07, 6.45) is 0.993. The molecule has 61 heavy (non-hydrogen) atoms. The van der Waals surface area contributed by atoms with Gasteiger partial charge in [0.15, 0.2) is 0 Å². The highest BCUT2D eigenvalue weighted by molar-refractivity contribution is 6.92. The lowest BCUT2D eigenvalue weighted by Gasteiger charge is -2.48. The second-order valence-electron chi connectivity index (χ2n) is 20.9. The van der Waals surface area contributed by atoms with Gasteiger partial charge in [-0.15, -0.1) is 0 Å². The molecule has 0 saturated heterocycles. The van der Waals surface area contributed by atoms with Gasteiger partial charge in [0.25, 0.3) is 0 Å². The van der Waals surface area contributed by atoms with E-state index in [9.17, 15) is 0 Å². The second-order valence-corrected chi connectivity index (χ2v) is 20.9. The maximum Gasteiger partial charge on any atom is 0.329 e. The number of anilines is 2. The van der Waals surface area contributed by atoms with E-state index in [1.165, 1.54) is 111 Å². The molecule has 1 atom stereocenters. The summed E-state index contributed by atoms with van der Waals surface area (Å²) < 4.78 is 0. The predicted octanol–water partition coefficient (Wildman–Crippen LogP) is 14.0. The van der Waals surface area contributed by atoms with Crippen molar-refractivity contribution in [2.75, 3.05) is 4.81 Å². The van der Waals surface area contributed by atoms with Crippen LogP contribution in [0.5, 0.6) is 0 Å². The van der Waals surface area contributed by atoms with Crippen molar-refractivity contribution in [2.24, 2.45) is 0 Å². The Morgan fingerprint density at radius 1 is 0.525 bits per heavy atom. The zero-order valence-electron chi connectivity index (χ0n) is 36.7. The summed E-state index contributed by atoms with van der Waals surface area (Å²) in [6.45, 7) is 19.2. The Labute approximate surface area is 362 Å². The molecule has 296 valence electrons. The summed E-state index contributed by atoms with van der Waals surface area (Å²) in [5.74, 6) is 0.227. The van der Waals surface area contributed by atoms with Crippen molar-refractivity contribution >= 4 is 39.9 Å². The van der Waals surface area contributed by atoms with Crippen LogP contribution in [0.25, 0.3) is 55.3 Å². The first-order valence-electron chi connectivity index (χ1n) is 22.4. The molecule has 0 fully saturated rings. The maximum atomic E-state index is 2.74. The molecule has 0 bridgehead atoms. The van der Waals surface area contributed by atoms with Gasteiger partial charge in [-0.2, -0.15) is 0 Å². The molecule has 0 aromatic heterocycles. The Bertz CT molecular complexity index is 3150. The normalized spacial score (nSPS) is 16.4. The van der Waals surface area contributed by atoms with Gasteiger partial charge in [0, 0.05) is 28.3 Å². The van der Waals surface area contributed by atoms with Crippen LogP contribution in [0.4, 0.5) is 11.4 Å². The number of hydrogen-bond donors (Lipinski definition) is 0. The average Bonchev–Trinajstić information content (AvgIpc) is 3.49. The molecule has 4 aliphatic rings. The highest BCUT2D eigenvalue weighted by Crippen LogP contribution is 2.58. The molecular weight excluding hydrogens is 733 g/mol.